The molecule has 0 aliphatic rings. The zero-order chi connectivity index (χ0) is 6.99. The van der Waals surface area contributed by atoms with Crippen LogP contribution < -0.4 is 0 Å². The van der Waals surface area contributed by atoms with Crippen LogP contribution in [0.4, 0.5) is 0 Å². The highest BCUT2D eigenvalue weighted by Crippen LogP contribution is 1.67. The third kappa shape index (κ3) is 40.0. The molecule has 0 aromatic rings. The molecule has 0 saturated heterocycles. The van der Waals surface area contributed by atoms with Gasteiger partial charge in [0.05, 0.1) is 6.35 Å². The summed E-state index contributed by atoms with van der Waals surface area (Å²) in [6.45, 7) is 1.60. The summed E-state index contributed by atoms with van der Waals surface area (Å²) in [5, 5.41) is 15.3. The van der Waals surface area contributed by atoms with Crippen LogP contribution in [0.2, 0.25) is 0 Å². The molecule has 0 spiro atoms. The van der Waals surface area contributed by atoms with Gasteiger partial charge in [-0.2, -0.15) is 0 Å². The van der Waals surface area contributed by atoms with E-state index >= 15 is 0 Å². The maximum absolute atomic E-state index is 9.37. The Kier molecular flexibility index (Phi) is 13.4. The highest BCUT2D eigenvalue weighted by atomic mass is 31.0. The molecule has 50 valence electrons. The van der Waals surface area contributed by atoms with Crippen molar-refractivity contribution in [2.24, 2.45) is 0 Å². The Morgan fingerprint density at radius 3 is 1.88 bits per heavy atom. The van der Waals surface area contributed by atoms with Crippen molar-refractivity contribution in [3.8, 4) is 0 Å². The smallest absolute Gasteiger partial charge is 0.303 e. The zero-order valence-electron chi connectivity index (χ0n) is 4.79. The van der Waals surface area contributed by atoms with Crippen LogP contribution in [0.1, 0.15) is 13.3 Å². The minimum absolute atomic E-state index is 0.167. The summed E-state index contributed by atoms with van der Waals surface area (Å²) in [5.41, 5.74) is 0. The topological polar surface area (TPSA) is 57.5 Å². The number of carbonyl (C=O) groups is 1. The fraction of sp³-hybridized carbons (Fsp3) is 0.750. The molecular weight excluding hydrogens is 127 g/mol. The first-order valence-electron chi connectivity index (χ1n) is 2.21. The number of rotatable bonds is 1. The lowest BCUT2D eigenvalue weighted by molar-refractivity contribution is -0.136. The van der Waals surface area contributed by atoms with Crippen LogP contribution in [0.5, 0.6) is 0 Å². The van der Waals surface area contributed by atoms with Crippen molar-refractivity contribution >= 4 is 15.2 Å². The van der Waals surface area contributed by atoms with Gasteiger partial charge in [0.25, 0.3) is 0 Å². The van der Waals surface area contributed by atoms with Gasteiger partial charge >= 0.3 is 5.97 Å². The molecule has 2 N–H and O–H groups in total. The van der Waals surface area contributed by atoms with E-state index in [1.165, 1.54) is 0 Å². The van der Waals surface area contributed by atoms with Crippen molar-refractivity contribution in [1.29, 1.82) is 0 Å². The lowest BCUT2D eigenvalue weighted by Gasteiger charge is -1.71. The number of aliphatic hydroxyl groups is 1. The Bertz CT molecular complexity index is 55.2. The van der Waals surface area contributed by atoms with Crippen molar-refractivity contribution in [2.45, 2.75) is 13.3 Å². The molecule has 0 saturated carbocycles. The lowest BCUT2D eigenvalue weighted by Crippen LogP contribution is -1.86. The Morgan fingerprint density at radius 2 is 1.88 bits per heavy atom. The number of aliphatic hydroxyl groups excluding tert-OH is 1. The first-order valence-corrected chi connectivity index (χ1v) is 3.03. The summed E-state index contributed by atoms with van der Waals surface area (Å²) >= 11 is 0. The summed E-state index contributed by atoms with van der Waals surface area (Å²) in [5.74, 6) is -0.745. The van der Waals surface area contributed by atoms with Gasteiger partial charge in [0, 0.05) is 6.42 Å². The molecule has 0 bridgehead atoms. The van der Waals surface area contributed by atoms with Crippen molar-refractivity contribution in [3.05, 3.63) is 0 Å². The second kappa shape index (κ2) is 9.97. The molecular formula is C4H11O3P. The Balaban J connectivity index is 0. The van der Waals surface area contributed by atoms with Gasteiger partial charge in [-0.1, -0.05) is 6.92 Å². The zero-order valence-corrected chi connectivity index (χ0v) is 5.95. The highest BCUT2D eigenvalue weighted by molar-refractivity contribution is 7.16. The molecule has 0 aliphatic heterocycles. The van der Waals surface area contributed by atoms with Gasteiger partial charge in [-0.15, -0.1) is 9.24 Å². The summed E-state index contributed by atoms with van der Waals surface area (Å²) in [6.07, 6.45) is 0.389. The maximum Gasteiger partial charge on any atom is 0.303 e. The normalized spacial score (nSPS) is 6.88. The van der Waals surface area contributed by atoms with Crippen LogP contribution in [0.15, 0.2) is 0 Å². The molecule has 0 fully saturated rings. The summed E-state index contributed by atoms with van der Waals surface area (Å²) in [7, 11) is 2.13. The minimum atomic E-state index is -0.745. The van der Waals surface area contributed by atoms with Gasteiger partial charge in [-0.05, 0) is 0 Å². The van der Waals surface area contributed by atoms with Crippen molar-refractivity contribution in [1.82, 2.24) is 0 Å². The van der Waals surface area contributed by atoms with Crippen LogP contribution in [-0.2, 0) is 4.79 Å². The van der Waals surface area contributed by atoms with Gasteiger partial charge < -0.3 is 10.2 Å². The first kappa shape index (κ1) is 10.8. The molecule has 8 heavy (non-hydrogen) atoms. The minimum Gasteiger partial charge on any atom is -0.481 e. The van der Waals surface area contributed by atoms with Crippen molar-refractivity contribution in [2.75, 3.05) is 6.35 Å². The fourth-order valence-electron chi connectivity index (χ4n) is 0. The lowest BCUT2D eigenvalue weighted by atomic mass is 10.5. The maximum atomic E-state index is 9.37. The quantitative estimate of drug-likeness (QED) is 0.512. The highest BCUT2D eigenvalue weighted by Gasteiger charge is 1.80. The first-order chi connectivity index (χ1) is 3.68. The Morgan fingerprint density at radius 1 is 1.75 bits per heavy atom. The molecule has 0 heterocycles. The molecule has 1 atom stereocenters. The standard InChI is InChI=1S/C3H6O2.CH5OP/c1-2-3(4)5;2-1-3/h2H2,1H3,(H,4,5);2H,1,3H2. The molecule has 4 heteroatoms. The molecule has 0 rings (SSSR count). The van der Waals surface area contributed by atoms with Gasteiger partial charge in [0.2, 0.25) is 0 Å². The average Bonchev–Trinajstić information content (AvgIpc) is 1.69. The van der Waals surface area contributed by atoms with Crippen LogP contribution >= 0.6 is 9.24 Å². The molecule has 3 nitrogen and oxygen atoms in total. The number of hydrogen-bond donors (Lipinski definition) is 2. The van der Waals surface area contributed by atoms with Gasteiger partial charge in [-0.25, -0.2) is 0 Å². The Hall–Kier alpha value is -0.140. The molecule has 0 aromatic heterocycles. The molecule has 0 radical (unpaired) electrons. The number of carboxylic acids is 1. The largest absolute Gasteiger partial charge is 0.481 e. The molecule has 0 aliphatic carbocycles. The monoisotopic (exact) mass is 138 g/mol. The number of carboxylic acid groups (broad SMARTS) is 1. The van der Waals surface area contributed by atoms with E-state index < -0.39 is 5.97 Å². The fourth-order valence-corrected chi connectivity index (χ4v) is 0. The van der Waals surface area contributed by atoms with Gasteiger partial charge in [0.15, 0.2) is 0 Å². The summed E-state index contributed by atoms with van der Waals surface area (Å²) < 4.78 is 0. The predicted molar refractivity (Wildman–Crippen MR) is 34.7 cm³/mol. The molecule has 1 unspecified atom stereocenters. The molecule has 0 aromatic carbocycles. The van der Waals surface area contributed by atoms with E-state index in [1.54, 1.807) is 6.92 Å². The van der Waals surface area contributed by atoms with Crippen LogP contribution in [0, 0.1) is 0 Å². The second-order valence-electron chi connectivity index (χ2n) is 0.930. The van der Waals surface area contributed by atoms with Gasteiger partial charge in [-0.3, -0.25) is 4.79 Å². The molecule has 0 amide bonds. The van der Waals surface area contributed by atoms with E-state index in [-0.39, 0.29) is 12.8 Å². The van der Waals surface area contributed by atoms with Crippen LogP contribution in [-0.4, -0.2) is 22.5 Å². The SMILES string of the molecule is CCC(=O)O.OCP. The summed E-state index contributed by atoms with van der Waals surface area (Å²) in [4.78, 5) is 9.37. The Labute approximate surface area is 50.9 Å². The van der Waals surface area contributed by atoms with Crippen LogP contribution in [0.3, 0.4) is 0 Å². The van der Waals surface area contributed by atoms with Crippen LogP contribution in [0.25, 0.3) is 0 Å². The van der Waals surface area contributed by atoms with E-state index in [9.17, 15) is 4.79 Å². The van der Waals surface area contributed by atoms with Crippen molar-refractivity contribution < 1.29 is 15.0 Å². The number of aliphatic carboxylic acids is 1. The summed E-state index contributed by atoms with van der Waals surface area (Å²) in [6, 6.07) is 0. The van der Waals surface area contributed by atoms with Gasteiger partial charge in [0.1, 0.15) is 0 Å². The average molecular weight is 138 g/mol. The number of hydrogen-bond acceptors (Lipinski definition) is 2. The van der Waals surface area contributed by atoms with E-state index in [2.05, 4.69) is 9.24 Å². The third-order valence-electron chi connectivity index (χ3n) is 0.302. The van der Waals surface area contributed by atoms with Crippen molar-refractivity contribution in [3.63, 3.8) is 0 Å². The second-order valence-corrected chi connectivity index (χ2v) is 1.30. The van der Waals surface area contributed by atoms with E-state index in [0.717, 1.165) is 0 Å². The predicted octanol–water partition coefficient (Wildman–Crippen LogP) is 0.292. The van der Waals surface area contributed by atoms with E-state index in [0.29, 0.717) is 0 Å². The van der Waals surface area contributed by atoms with E-state index in [4.69, 9.17) is 10.2 Å². The third-order valence-corrected chi connectivity index (χ3v) is 0.302. The van der Waals surface area contributed by atoms with E-state index in [1.807, 2.05) is 0 Å².